The molecule has 0 spiro atoms. The lowest BCUT2D eigenvalue weighted by molar-refractivity contribution is 0.0525. The average Bonchev–Trinajstić information content (AvgIpc) is 2.76. The van der Waals surface area contributed by atoms with E-state index in [-0.39, 0.29) is 5.97 Å². The molecule has 0 aliphatic rings. The summed E-state index contributed by atoms with van der Waals surface area (Å²) in [5.74, 6) is 0.572. The molecule has 112 valence electrons. The molecule has 1 aromatic heterocycles. The number of aryl methyl sites for hydroxylation is 1. The molecule has 0 aliphatic heterocycles. The fraction of sp³-hybridized carbons (Fsp3) is 0.353. The zero-order chi connectivity index (χ0) is 15.4. The first kappa shape index (κ1) is 15.2. The standard InChI is InChI=1S/C17H21NO3/c1-5-21-17(19)16-9-12(2)18(13(16)3)11-14-7-6-8-15(10-14)20-4/h6-10H,5,11H2,1-4H3. The van der Waals surface area contributed by atoms with Crippen LogP contribution in [0.5, 0.6) is 5.75 Å². The second kappa shape index (κ2) is 6.48. The number of nitrogens with zero attached hydrogens (tertiary/aromatic N) is 1. The van der Waals surface area contributed by atoms with E-state index < -0.39 is 0 Å². The minimum absolute atomic E-state index is 0.262. The number of carbonyl (C=O) groups is 1. The maximum absolute atomic E-state index is 11.9. The molecule has 0 fully saturated rings. The predicted octanol–water partition coefficient (Wildman–Crippen LogP) is 3.34. The Balaban J connectivity index is 2.30. The van der Waals surface area contributed by atoms with Crippen molar-refractivity contribution in [3.05, 3.63) is 52.8 Å². The summed E-state index contributed by atoms with van der Waals surface area (Å²) < 4.78 is 12.4. The van der Waals surface area contributed by atoms with Gasteiger partial charge in [-0.1, -0.05) is 12.1 Å². The van der Waals surface area contributed by atoms with Gasteiger partial charge in [0.15, 0.2) is 0 Å². The van der Waals surface area contributed by atoms with Gasteiger partial charge in [0.2, 0.25) is 0 Å². The molecule has 4 nitrogen and oxygen atoms in total. The molecule has 0 radical (unpaired) electrons. The van der Waals surface area contributed by atoms with E-state index in [9.17, 15) is 4.79 Å². The number of methoxy groups -OCH3 is 1. The lowest BCUT2D eigenvalue weighted by Gasteiger charge is -2.11. The third-order valence-corrected chi connectivity index (χ3v) is 3.54. The van der Waals surface area contributed by atoms with Gasteiger partial charge in [-0.2, -0.15) is 0 Å². The van der Waals surface area contributed by atoms with Gasteiger partial charge >= 0.3 is 5.97 Å². The zero-order valence-electron chi connectivity index (χ0n) is 13.0. The molecule has 1 aromatic carbocycles. The van der Waals surface area contributed by atoms with Crippen LogP contribution in [0.4, 0.5) is 0 Å². The molecular formula is C17H21NO3. The van der Waals surface area contributed by atoms with Gasteiger partial charge in [0, 0.05) is 17.9 Å². The lowest BCUT2D eigenvalue weighted by atomic mass is 10.2. The molecule has 1 heterocycles. The maximum atomic E-state index is 11.9. The number of aromatic nitrogens is 1. The normalized spacial score (nSPS) is 10.5. The summed E-state index contributed by atoms with van der Waals surface area (Å²) in [5.41, 5.74) is 3.73. The third-order valence-electron chi connectivity index (χ3n) is 3.54. The van der Waals surface area contributed by atoms with E-state index in [0.29, 0.717) is 18.7 Å². The average molecular weight is 287 g/mol. The summed E-state index contributed by atoms with van der Waals surface area (Å²) >= 11 is 0. The lowest BCUT2D eigenvalue weighted by Crippen LogP contribution is -2.08. The van der Waals surface area contributed by atoms with Crippen LogP contribution in [-0.4, -0.2) is 24.3 Å². The molecular weight excluding hydrogens is 266 g/mol. The van der Waals surface area contributed by atoms with Gasteiger partial charge in [0.05, 0.1) is 19.3 Å². The van der Waals surface area contributed by atoms with Crippen LogP contribution in [0.25, 0.3) is 0 Å². The van der Waals surface area contributed by atoms with E-state index in [1.54, 1.807) is 7.11 Å². The van der Waals surface area contributed by atoms with Gasteiger partial charge in [-0.15, -0.1) is 0 Å². The van der Waals surface area contributed by atoms with E-state index in [1.807, 2.05) is 51.1 Å². The topological polar surface area (TPSA) is 40.5 Å². The molecule has 0 saturated heterocycles. The number of carbonyl (C=O) groups excluding carboxylic acids is 1. The summed E-state index contributed by atoms with van der Waals surface area (Å²) in [5, 5.41) is 0. The van der Waals surface area contributed by atoms with Crippen LogP contribution in [0, 0.1) is 13.8 Å². The van der Waals surface area contributed by atoms with Gasteiger partial charge < -0.3 is 14.0 Å². The van der Waals surface area contributed by atoms with Crippen molar-refractivity contribution in [2.45, 2.75) is 27.3 Å². The Hall–Kier alpha value is -2.23. The Bertz CT molecular complexity index is 643. The Morgan fingerprint density at radius 3 is 2.67 bits per heavy atom. The summed E-state index contributed by atoms with van der Waals surface area (Å²) in [6.07, 6.45) is 0. The van der Waals surface area contributed by atoms with E-state index >= 15 is 0 Å². The highest BCUT2D eigenvalue weighted by molar-refractivity contribution is 5.91. The molecule has 0 saturated carbocycles. The number of esters is 1. The van der Waals surface area contributed by atoms with Crippen molar-refractivity contribution in [3.63, 3.8) is 0 Å². The van der Waals surface area contributed by atoms with E-state index in [2.05, 4.69) is 4.57 Å². The smallest absolute Gasteiger partial charge is 0.339 e. The van der Waals surface area contributed by atoms with Crippen molar-refractivity contribution in [2.75, 3.05) is 13.7 Å². The van der Waals surface area contributed by atoms with Crippen LogP contribution < -0.4 is 4.74 Å². The van der Waals surface area contributed by atoms with Gasteiger partial charge in [-0.25, -0.2) is 4.79 Å². The Morgan fingerprint density at radius 1 is 1.24 bits per heavy atom. The summed E-state index contributed by atoms with van der Waals surface area (Å²) in [7, 11) is 1.66. The van der Waals surface area contributed by atoms with Gasteiger partial charge in [-0.05, 0) is 44.5 Å². The molecule has 0 atom stereocenters. The van der Waals surface area contributed by atoms with Crippen molar-refractivity contribution >= 4 is 5.97 Å². The number of ether oxygens (including phenoxy) is 2. The molecule has 0 amide bonds. The first-order chi connectivity index (χ1) is 10.1. The van der Waals surface area contributed by atoms with Crippen molar-refractivity contribution in [2.24, 2.45) is 0 Å². The molecule has 0 N–H and O–H groups in total. The van der Waals surface area contributed by atoms with Crippen LogP contribution in [0.1, 0.15) is 34.2 Å². The van der Waals surface area contributed by atoms with Crippen LogP contribution in [-0.2, 0) is 11.3 Å². The first-order valence-corrected chi connectivity index (χ1v) is 7.03. The molecule has 2 aromatic rings. The Morgan fingerprint density at radius 2 is 2.00 bits per heavy atom. The predicted molar refractivity (Wildman–Crippen MR) is 82.0 cm³/mol. The van der Waals surface area contributed by atoms with Crippen molar-refractivity contribution in [1.29, 1.82) is 0 Å². The van der Waals surface area contributed by atoms with E-state index in [1.165, 1.54) is 0 Å². The molecule has 0 unspecified atom stereocenters. The van der Waals surface area contributed by atoms with E-state index in [0.717, 1.165) is 22.7 Å². The zero-order valence-corrected chi connectivity index (χ0v) is 13.0. The SMILES string of the molecule is CCOC(=O)c1cc(C)n(Cc2cccc(OC)c2)c1C. The van der Waals surface area contributed by atoms with Crippen molar-refractivity contribution in [1.82, 2.24) is 4.57 Å². The number of benzene rings is 1. The number of hydrogen-bond acceptors (Lipinski definition) is 3. The van der Waals surface area contributed by atoms with Crippen molar-refractivity contribution < 1.29 is 14.3 Å². The quantitative estimate of drug-likeness (QED) is 0.792. The molecule has 4 heteroatoms. The highest BCUT2D eigenvalue weighted by Gasteiger charge is 2.16. The molecule has 0 aliphatic carbocycles. The number of hydrogen-bond donors (Lipinski definition) is 0. The third kappa shape index (κ3) is 3.27. The monoisotopic (exact) mass is 287 g/mol. The fourth-order valence-electron chi connectivity index (χ4n) is 2.41. The van der Waals surface area contributed by atoms with Crippen LogP contribution in [0.3, 0.4) is 0 Å². The second-order valence-electron chi connectivity index (χ2n) is 4.94. The fourth-order valence-corrected chi connectivity index (χ4v) is 2.41. The Kier molecular flexibility index (Phi) is 4.68. The molecule has 2 rings (SSSR count). The summed E-state index contributed by atoms with van der Waals surface area (Å²) in [4.78, 5) is 11.9. The largest absolute Gasteiger partial charge is 0.497 e. The van der Waals surface area contributed by atoms with Crippen LogP contribution >= 0.6 is 0 Å². The summed E-state index contributed by atoms with van der Waals surface area (Å²) in [6, 6.07) is 9.82. The van der Waals surface area contributed by atoms with Crippen LogP contribution in [0.2, 0.25) is 0 Å². The first-order valence-electron chi connectivity index (χ1n) is 7.03. The van der Waals surface area contributed by atoms with Gasteiger partial charge in [0.1, 0.15) is 5.75 Å². The summed E-state index contributed by atoms with van der Waals surface area (Å²) in [6.45, 7) is 6.84. The maximum Gasteiger partial charge on any atom is 0.339 e. The van der Waals surface area contributed by atoms with Crippen LogP contribution in [0.15, 0.2) is 30.3 Å². The van der Waals surface area contributed by atoms with Gasteiger partial charge in [0.25, 0.3) is 0 Å². The highest BCUT2D eigenvalue weighted by atomic mass is 16.5. The Labute approximate surface area is 125 Å². The van der Waals surface area contributed by atoms with Gasteiger partial charge in [-0.3, -0.25) is 0 Å². The minimum Gasteiger partial charge on any atom is -0.497 e. The number of rotatable bonds is 5. The highest BCUT2D eigenvalue weighted by Crippen LogP contribution is 2.20. The second-order valence-corrected chi connectivity index (χ2v) is 4.94. The minimum atomic E-state index is -0.262. The molecule has 0 bridgehead atoms. The molecule has 21 heavy (non-hydrogen) atoms. The van der Waals surface area contributed by atoms with Crippen molar-refractivity contribution in [3.8, 4) is 5.75 Å². The van der Waals surface area contributed by atoms with E-state index in [4.69, 9.17) is 9.47 Å².